The number of carbonyl (C=O) groups is 1. The number of carbonyl (C=O) groups excluding carboxylic acids is 1. The van der Waals surface area contributed by atoms with Crippen molar-refractivity contribution in [3.63, 3.8) is 0 Å². The van der Waals surface area contributed by atoms with Gasteiger partial charge in [-0.05, 0) is 32.4 Å². The van der Waals surface area contributed by atoms with Gasteiger partial charge >= 0.3 is 0 Å². The van der Waals surface area contributed by atoms with Crippen molar-refractivity contribution in [3.8, 4) is 0 Å². The van der Waals surface area contributed by atoms with Crippen molar-refractivity contribution in [2.24, 2.45) is 0 Å². The lowest BCUT2D eigenvalue weighted by molar-refractivity contribution is 0.0934. The van der Waals surface area contributed by atoms with E-state index in [1.165, 1.54) is 10.9 Å². The summed E-state index contributed by atoms with van der Waals surface area (Å²) in [5.41, 5.74) is 0.266. The van der Waals surface area contributed by atoms with Crippen molar-refractivity contribution < 1.29 is 9.90 Å². The van der Waals surface area contributed by atoms with Gasteiger partial charge in [0.15, 0.2) is 0 Å². The van der Waals surface area contributed by atoms with E-state index in [9.17, 15) is 9.59 Å². The van der Waals surface area contributed by atoms with Gasteiger partial charge in [-0.25, -0.2) is 9.97 Å². The number of aliphatic hydroxyl groups excluding tert-OH is 1. The number of amides is 1. The fourth-order valence-corrected chi connectivity index (χ4v) is 2.89. The van der Waals surface area contributed by atoms with Crippen LogP contribution < -0.4 is 21.5 Å². The third-order valence-electron chi connectivity index (χ3n) is 3.93. The highest BCUT2D eigenvalue weighted by Gasteiger charge is 2.37. The van der Waals surface area contributed by atoms with E-state index in [1.807, 2.05) is 0 Å². The van der Waals surface area contributed by atoms with Gasteiger partial charge in [0.05, 0.1) is 6.61 Å². The van der Waals surface area contributed by atoms with E-state index in [0.717, 1.165) is 0 Å². The minimum Gasteiger partial charge on any atom is -0.395 e. The molecule has 132 valence electrons. The van der Waals surface area contributed by atoms with Crippen LogP contribution in [0.15, 0.2) is 23.3 Å². The molecule has 2 aromatic heterocycles. The van der Waals surface area contributed by atoms with Crippen LogP contribution in [-0.2, 0) is 5.66 Å². The Balaban J connectivity index is 1.99. The van der Waals surface area contributed by atoms with Crippen molar-refractivity contribution in [1.82, 2.24) is 19.9 Å². The summed E-state index contributed by atoms with van der Waals surface area (Å²) in [7, 11) is 0. The standard InChI is InChI=1S/C16H20N6O3/c1-9-6-10(15(25)22-13(9)14(24)21-16(22,2)3)20-12-7-11(17-4-5-23)18-8-19-12/h6-8,23H,4-5H2,1-3H3,(H,21,24)(H2,17,18,19,20). The molecule has 0 saturated heterocycles. The van der Waals surface area contributed by atoms with E-state index >= 15 is 0 Å². The van der Waals surface area contributed by atoms with Crippen molar-refractivity contribution in [1.29, 1.82) is 0 Å². The maximum atomic E-state index is 12.9. The predicted molar refractivity (Wildman–Crippen MR) is 93.1 cm³/mol. The van der Waals surface area contributed by atoms with Crippen LogP contribution in [-0.4, -0.2) is 38.7 Å². The van der Waals surface area contributed by atoms with Gasteiger partial charge in [-0.2, -0.15) is 0 Å². The highest BCUT2D eigenvalue weighted by Crippen LogP contribution is 2.25. The molecule has 3 heterocycles. The first-order chi connectivity index (χ1) is 11.8. The smallest absolute Gasteiger partial charge is 0.276 e. The molecule has 9 nitrogen and oxygen atoms in total. The fraction of sp³-hybridized carbons (Fsp3) is 0.375. The van der Waals surface area contributed by atoms with Crippen LogP contribution in [0, 0.1) is 6.92 Å². The largest absolute Gasteiger partial charge is 0.395 e. The average molecular weight is 344 g/mol. The number of fused-ring (bicyclic) bond motifs is 1. The second kappa shape index (κ2) is 6.17. The van der Waals surface area contributed by atoms with Crippen molar-refractivity contribution in [3.05, 3.63) is 40.1 Å². The first-order valence-corrected chi connectivity index (χ1v) is 7.87. The van der Waals surface area contributed by atoms with Gasteiger partial charge in [0, 0.05) is 12.6 Å². The van der Waals surface area contributed by atoms with Crippen molar-refractivity contribution in [2.45, 2.75) is 26.4 Å². The quantitative estimate of drug-likeness (QED) is 0.624. The molecule has 0 aromatic carbocycles. The summed E-state index contributed by atoms with van der Waals surface area (Å²) >= 11 is 0. The van der Waals surface area contributed by atoms with E-state index in [2.05, 4.69) is 25.9 Å². The zero-order valence-corrected chi connectivity index (χ0v) is 14.3. The summed E-state index contributed by atoms with van der Waals surface area (Å²) in [6, 6.07) is 3.27. The highest BCUT2D eigenvalue weighted by atomic mass is 16.3. The van der Waals surface area contributed by atoms with Crippen LogP contribution in [0.2, 0.25) is 0 Å². The molecule has 0 aliphatic carbocycles. The Morgan fingerprint density at radius 1 is 1.24 bits per heavy atom. The van der Waals surface area contributed by atoms with Crippen LogP contribution in [0.4, 0.5) is 17.3 Å². The SMILES string of the molecule is Cc1cc(Nc2cc(NCCO)ncn2)c(=O)n2c1C(=O)NC2(C)C. The number of aryl methyl sites for hydroxylation is 1. The Hall–Kier alpha value is -2.94. The summed E-state index contributed by atoms with van der Waals surface area (Å²) < 4.78 is 1.46. The molecule has 4 N–H and O–H groups in total. The number of nitrogens with one attached hydrogen (secondary N) is 3. The number of pyridine rings is 1. The number of nitrogens with zero attached hydrogens (tertiary/aromatic N) is 3. The van der Waals surface area contributed by atoms with Gasteiger partial charge < -0.3 is 21.1 Å². The highest BCUT2D eigenvalue weighted by molar-refractivity contribution is 5.96. The topological polar surface area (TPSA) is 121 Å². The summed E-state index contributed by atoms with van der Waals surface area (Å²) in [4.78, 5) is 33.1. The molecule has 2 aromatic rings. The summed E-state index contributed by atoms with van der Waals surface area (Å²) in [5.74, 6) is 0.702. The Bertz CT molecular complexity index is 890. The lowest BCUT2D eigenvalue weighted by Crippen LogP contribution is -2.42. The number of rotatable bonds is 5. The molecule has 0 spiro atoms. The van der Waals surface area contributed by atoms with Crippen molar-refractivity contribution >= 4 is 23.2 Å². The molecule has 0 bridgehead atoms. The van der Waals surface area contributed by atoms with E-state index in [1.54, 1.807) is 32.9 Å². The number of aromatic nitrogens is 3. The molecule has 1 amide bonds. The first kappa shape index (κ1) is 16.9. The normalized spacial score (nSPS) is 14.8. The second-order valence-corrected chi connectivity index (χ2v) is 6.31. The predicted octanol–water partition coefficient (Wildman–Crippen LogP) is 0.531. The third kappa shape index (κ3) is 3.05. The van der Waals surface area contributed by atoms with Crippen LogP contribution in [0.5, 0.6) is 0 Å². The van der Waals surface area contributed by atoms with E-state index in [0.29, 0.717) is 35.1 Å². The van der Waals surface area contributed by atoms with E-state index < -0.39 is 5.66 Å². The monoisotopic (exact) mass is 344 g/mol. The first-order valence-electron chi connectivity index (χ1n) is 7.87. The summed E-state index contributed by atoms with van der Waals surface area (Å²) in [6.45, 7) is 5.67. The zero-order chi connectivity index (χ0) is 18.2. The van der Waals surface area contributed by atoms with Crippen LogP contribution in [0.25, 0.3) is 0 Å². The van der Waals surface area contributed by atoms with Gasteiger partial charge in [-0.15, -0.1) is 0 Å². The lowest BCUT2D eigenvalue weighted by Gasteiger charge is -2.22. The Kier molecular flexibility index (Phi) is 4.17. The number of anilines is 3. The molecule has 0 fully saturated rings. The molecule has 1 aliphatic heterocycles. The minimum atomic E-state index is -0.800. The van der Waals surface area contributed by atoms with Gasteiger partial charge in [0.2, 0.25) is 0 Å². The van der Waals surface area contributed by atoms with Crippen LogP contribution >= 0.6 is 0 Å². The number of hydrogen-bond donors (Lipinski definition) is 4. The van der Waals surface area contributed by atoms with Gasteiger partial charge in [0.25, 0.3) is 11.5 Å². The van der Waals surface area contributed by atoms with Gasteiger partial charge in [0.1, 0.15) is 35.0 Å². The molecular weight excluding hydrogens is 324 g/mol. The Morgan fingerprint density at radius 3 is 2.68 bits per heavy atom. The molecule has 1 aliphatic rings. The second-order valence-electron chi connectivity index (χ2n) is 6.31. The molecular formula is C16H20N6O3. The Morgan fingerprint density at radius 2 is 1.96 bits per heavy atom. The average Bonchev–Trinajstić information content (AvgIpc) is 2.80. The third-order valence-corrected chi connectivity index (χ3v) is 3.93. The van der Waals surface area contributed by atoms with Gasteiger partial charge in [-0.3, -0.25) is 14.2 Å². The zero-order valence-electron chi connectivity index (χ0n) is 14.3. The molecule has 0 saturated carbocycles. The molecule has 0 atom stereocenters. The van der Waals surface area contributed by atoms with Crippen LogP contribution in [0.1, 0.15) is 29.9 Å². The lowest BCUT2D eigenvalue weighted by atomic mass is 10.1. The fourth-order valence-electron chi connectivity index (χ4n) is 2.89. The number of aliphatic hydroxyl groups is 1. The van der Waals surface area contributed by atoms with E-state index in [4.69, 9.17) is 5.11 Å². The maximum absolute atomic E-state index is 12.9. The molecule has 25 heavy (non-hydrogen) atoms. The number of hydrogen-bond acceptors (Lipinski definition) is 7. The molecule has 3 rings (SSSR count). The molecule has 9 heteroatoms. The van der Waals surface area contributed by atoms with Crippen LogP contribution in [0.3, 0.4) is 0 Å². The summed E-state index contributed by atoms with van der Waals surface area (Å²) in [5, 5.41) is 17.6. The van der Waals surface area contributed by atoms with E-state index in [-0.39, 0.29) is 18.1 Å². The Labute approximate surface area is 144 Å². The van der Waals surface area contributed by atoms with Crippen molar-refractivity contribution in [2.75, 3.05) is 23.8 Å². The molecule has 0 unspecified atom stereocenters. The molecule has 0 radical (unpaired) electrons. The minimum absolute atomic E-state index is 0.0196. The summed E-state index contributed by atoms with van der Waals surface area (Å²) in [6.07, 6.45) is 1.36. The van der Waals surface area contributed by atoms with Gasteiger partial charge in [-0.1, -0.05) is 0 Å². The maximum Gasteiger partial charge on any atom is 0.276 e.